The van der Waals surface area contributed by atoms with Crippen molar-refractivity contribution in [3.8, 4) is 0 Å². The van der Waals surface area contributed by atoms with E-state index in [1.54, 1.807) is 0 Å². The minimum atomic E-state index is 0. The number of pyridine rings is 1. The number of halogens is 1. The Morgan fingerprint density at radius 1 is 1.23 bits per heavy atom. The summed E-state index contributed by atoms with van der Waals surface area (Å²) in [7, 11) is 0. The molecule has 2 unspecified atom stereocenters. The molecule has 1 aliphatic heterocycles. The maximum absolute atomic E-state index is 4.71. The van der Waals surface area contributed by atoms with Gasteiger partial charge >= 0.3 is 0 Å². The molecule has 0 amide bonds. The summed E-state index contributed by atoms with van der Waals surface area (Å²) in [5.74, 6) is 2.58. The number of guanidine groups is 1. The summed E-state index contributed by atoms with van der Waals surface area (Å²) in [6.45, 7) is 13.1. The van der Waals surface area contributed by atoms with Crippen LogP contribution in [0.5, 0.6) is 0 Å². The van der Waals surface area contributed by atoms with Crippen LogP contribution in [-0.2, 0) is 6.42 Å². The van der Waals surface area contributed by atoms with Gasteiger partial charge in [0, 0.05) is 51.0 Å². The molecule has 0 aromatic carbocycles. The van der Waals surface area contributed by atoms with E-state index in [9.17, 15) is 0 Å². The Labute approximate surface area is 176 Å². The molecule has 0 aliphatic carbocycles. The zero-order valence-electron chi connectivity index (χ0n) is 16.6. The van der Waals surface area contributed by atoms with Crippen molar-refractivity contribution in [2.45, 2.75) is 40.0 Å². The standard InChI is InChI=1S/C20H35N5.HI/c1-4-21-20(24-12-9-19-8-5-6-10-22-19)23-11-7-13-25-15-17(2)14-18(3)16-25;/h5-6,8,10,17-18H,4,7,9,11-16H2,1-3H3,(H2,21,23,24);1H. The topological polar surface area (TPSA) is 52.6 Å². The summed E-state index contributed by atoms with van der Waals surface area (Å²) >= 11 is 0. The maximum atomic E-state index is 4.71. The normalized spacial score (nSPS) is 21.1. The Hall–Kier alpha value is -0.890. The van der Waals surface area contributed by atoms with E-state index >= 15 is 0 Å². The lowest BCUT2D eigenvalue weighted by molar-refractivity contribution is 0.140. The number of likely N-dealkylation sites (tertiary alicyclic amines) is 1. The highest BCUT2D eigenvalue weighted by atomic mass is 127. The molecule has 0 saturated carbocycles. The van der Waals surface area contributed by atoms with Gasteiger partial charge in [0.25, 0.3) is 0 Å². The maximum Gasteiger partial charge on any atom is 0.191 e. The number of nitrogens with zero attached hydrogens (tertiary/aromatic N) is 3. The number of rotatable bonds is 8. The van der Waals surface area contributed by atoms with Crippen molar-refractivity contribution in [1.29, 1.82) is 0 Å². The highest BCUT2D eigenvalue weighted by molar-refractivity contribution is 14.0. The number of hydrogen-bond acceptors (Lipinski definition) is 3. The van der Waals surface area contributed by atoms with Crippen LogP contribution < -0.4 is 10.6 Å². The third kappa shape index (κ3) is 9.16. The third-order valence-corrected chi connectivity index (χ3v) is 4.59. The zero-order valence-corrected chi connectivity index (χ0v) is 18.9. The van der Waals surface area contributed by atoms with Gasteiger partial charge in [-0.05, 0) is 50.3 Å². The second kappa shape index (κ2) is 13.3. The van der Waals surface area contributed by atoms with Gasteiger partial charge in [0.15, 0.2) is 5.96 Å². The number of nitrogens with one attached hydrogen (secondary N) is 2. The molecule has 1 aromatic heterocycles. The van der Waals surface area contributed by atoms with Crippen molar-refractivity contribution in [2.75, 3.05) is 39.3 Å². The van der Waals surface area contributed by atoms with Gasteiger partial charge < -0.3 is 15.5 Å². The summed E-state index contributed by atoms with van der Waals surface area (Å²) in [6, 6.07) is 6.04. The largest absolute Gasteiger partial charge is 0.357 e. The zero-order chi connectivity index (χ0) is 17.9. The Kier molecular flexibility index (Phi) is 11.8. The lowest BCUT2D eigenvalue weighted by Crippen LogP contribution is -2.40. The van der Waals surface area contributed by atoms with E-state index in [4.69, 9.17) is 4.99 Å². The molecule has 1 fully saturated rings. The monoisotopic (exact) mass is 473 g/mol. The minimum Gasteiger partial charge on any atom is -0.357 e. The fraction of sp³-hybridized carbons (Fsp3) is 0.700. The van der Waals surface area contributed by atoms with Crippen molar-refractivity contribution in [1.82, 2.24) is 20.5 Å². The summed E-state index contributed by atoms with van der Waals surface area (Å²) < 4.78 is 0. The van der Waals surface area contributed by atoms with Gasteiger partial charge in [0.1, 0.15) is 0 Å². The lowest BCUT2D eigenvalue weighted by Gasteiger charge is -2.34. The number of hydrogen-bond donors (Lipinski definition) is 2. The Morgan fingerprint density at radius 3 is 2.65 bits per heavy atom. The first-order chi connectivity index (χ1) is 12.2. The molecule has 26 heavy (non-hydrogen) atoms. The predicted octanol–water partition coefficient (Wildman–Crippen LogP) is 3.17. The molecular formula is C20H36IN5. The quantitative estimate of drug-likeness (QED) is 0.264. The van der Waals surface area contributed by atoms with Crippen molar-refractivity contribution in [3.63, 3.8) is 0 Å². The second-order valence-electron chi connectivity index (χ2n) is 7.32. The highest BCUT2D eigenvalue weighted by Gasteiger charge is 2.20. The van der Waals surface area contributed by atoms with Crippen LogP contribution in [0.1, 0.15) is 39.3 Å². The molecule has 6 heteroatoms. The van der Waals surface area contributed by atoms with Crippen LogP contribution >= 0.6 is 24.0 Å². The van der Waals surface area contributed by atoms with Crippen LogP contribution in [0.2, 0.25) is 0 Å². The fourth-order valence-electron chi connectivity index (χ4n) is 3.66. The van der Waals surface area contributed by atoms with Crippen molar-refractivity contribution in [2.24, 2.45) is 16.8 Å². The molecule has 2 N–H and O–H groups in total. The number of aliphatic imine (C=N–C) groups is 1. The minimum absolute atomic E-state index is 0. The van der Waals surface area contributed by atoms with Crippen LogP contribution in [-0.4, -0.2) is 55.1 Å². The Morgan fingerprint density at radius 2 is 2.00 bits per heavy atom. The summed E-state index contributed by atoms with van der Waals surface area (Å²) in [6.07, 6.45) is 5.25. The van der Waals surface area contributed by atoms with E-state index in [2.05, 4.69) is 47.4 Å². The first-order valence-corrected chi connectivity index (χ1v) is 9.81. The van der Waals surface area contributed by atoms with Gasteiger partial charge in [0.05, 0.1) is 0 Å². The van der Waals surface area contributed by atoms with Crippen LogP contribution in [0.15, 0.2) is 29.4 Å². The second-order valence-corrected chi connectivity index (χ2v) is 7.32. The molecule has 1 saturated heterocycles. The average molecular weight is 473 g/mol. The molecule has 2 rings (SSSR count). The lowest BCUT2D eigenvalue weighted by atomic mass is 9.92. The van der Waals surface area contributed by atoms with Crippen molar-refractivity contribution in [3.05, 3.63) is 30.1 Å². The van der Waals surface area contributed by atoms with Crippen LogP contribution in [0.3, 0.4) is 0 Å². The molecule has 0 radical (unpaired) electrons. The number of aromatic nitrogens is 1. The molecule has 1 aliphatic rings. The fourth-order valence-corrected chi connectivity index (χ4v) is 3.66. The van der Waals surface area contributed by atoms with Crippen LogP contribution in [0.4, 0.5) is 0 Å². The first-order valence-electron chi connectivity index (χ1n) is 9.81. The van der Waals surface area contributed by atoms with Gasteiger partial charge in [-0.2, -0.15) is 0 Å². The molecule has 5 nitrogen and oxygen atoms in total. The van der Waals surface area contributed by atoms with E-state index in [1.807, 2.05) is 18.3 Å². The Balaban J connectivity index is 0.00000338. The molecule has 0 bridgehead atoms. The van der Waals surface area contributed by atoms with E-state index in [0.29, 0.717) is 0 Å². The van der Waals surface area contributed by atoms with Gasteiger partial charge in [-0.15, -0.1) is 24.0 Å². The molecule has 2 atom stereocenters. The molecular weight excluding hydrogens is 437 g/mol. The van der Waals surface area contributed by atoms with Crippen molar-refractivity contribution >= 4 is 29.9 Å². The van der Waals surface area contributed by atoms with Gasteiger partial charge in [-0.25, -0.2) is 0 Å². The highest BCUT2D eigenvalue weighted by Crippen LogP contribution is 2.20. The van der Waals surface area contributed by atoms with E-state index in [1.165, 1.54) is 19.5 Å². The summed E-state index contributed by atoms with van der Waals surface area (Å²) in [5.41, 5.74) is 1.11. The third-order valence-electron chi connectivity index (χ3n) is 4.59. The first kappa shape index (κ1) is 23.1. The van der Waals surface area contributed by atoms with Gasteiger partial charge in [-0.1, -0.05) is 19.9 Å². The van der Waals surface area contributed by atoms with Crippen LogP contribution in [0.25, 0.3) is 0 Å². The molecule has 2 heterocycles. The van der Waals surface area contributed by atoms with Crippen molar-refractivity contribution < 1.29 is 0 Å². The van der Waals surface area contributed by atoms with E-state index in [0.717, 1.165) is 62.5 Å². The Bertz CT molecular complexity index is 498. The smallest absolute Gasteiger partial charge is 0.191 e. The van der Waals surface area contributed by atoms with E-state index < -0.39 is 0 Å². The van der Waals surface area contributed by atoms with Crippen LogP contribution in [0, 0.1) is 11.8 Å². The SMILES string of the molecule is CCNC(=NCCCN1CC(C)CC(C)C1)NCCc1ccccn1.I. The average Bonchev–Trinajstić information content (AvgIpc) is 2.59. The van der Waals surface area contributed by atoms with E-state index in [-0.39, 0.29) is 24.0 Å². The molecule has 0 spiro atoms. The molecule has 1 aromatic rings. The number of piperidine rings is 1. The molecule has 148 valence electrons. The van der Waals surface area contributed by atoms with Gasteiger partial charge in [-0.3, -0.25) is 9.98 Å². The summed E-state index contributed by atoms with van der Waals surface area (Å²) in [4.78, 5) is 11.7. The predicted molar refractivity (Wildman–Crippen MR) is 121 cm³/mol. The summed E-state index contributed by atoms with van der Waals surface area (Å²) in [5, 5.41) is 6.73. The van der Waals surface area contributed by atoms with Gasteiger partial charge in [0.2, 0.25) is 0 Å².